The van der Waals surface area contributed by atoms with Crippen LogP contribution >= 0.6 is 11.3 Å². The van der Waals surface area contributed by atoms with Crippen molar-refractivity contribution in [3.8, 4) is 0 Å². The van der Waals surface area contributed by atoms with Crippen molar-refractivity contribution in [2.24, 2.45) is 0 Å². The van der Waals surface area contributed by atoms with E-state index in [2.05, 4.69) is 4.72 Å². The standard InChI is InChI=1S/C11H15NO6S2/c1-7-4-9(19-10(7)11(13)14)20(15,16)12-5-8-6-17-2-3-18-8/h4,8,12H,2-3,5-6H2,1H3,(H,13,14). The van der Waals surface area contributed by atoms with Gasteiger partial charge in [-0.05, 0) is 18.6 Å². The van der Waals surface area contributed by atoms with Gasteiger partial charge in [0.05, 0.1) is 25.9 Å². The molecule has 0 spiro atoms. The summed E-state index contributed by atoms with van der Waals surface area (Å²) >= 11 is 0.739. The third-order valence-electron chi connectivity index (χ3n) is 2.74. The van der Waals surface area contributed by atoms with Crippen molar-refractivity contribution in [1.82, 2.24) is 4.72 Å². The van der Waals surface area contributed by atoms with E-state index in [9.17, 15) is 13.2 Å². The maximum atomic E-state index is 12.1. The van der Waals surface area contributed by atoms with Crippen LogP contribution in [-0.4, -0.2) is 52.0 Å². The Kier molecular flexibility index (Phi) is 4.76. The highest BCUT2D eigenvalue weighted by Crippen LogP contribution is 2.25. The first-order valence-corrected chi connectivity index (χ1v) is 8.23. The predicted molar refractivity (Wildman–Crippen MR) is 71.8 cm³/mol. The monoisotopic (exact) mass is 321 g/mol. The summed E-state index contributed by atoms with van der Waals surface area (Å²) in [5, 5.41) is 8.94. The van der Waals surface area contributed by atoms with Gasteiger partial charge in [-0.25, -0.2) is 17.9 Å². The first-order chi connectivity index (χ1) is 9.40. The molecule has 1 aliphatic rings. The lowest BCUT2D eigenvalue weighted by Gasteiger charge is -2.22. The van der Waals surface area contributed by atoms with Gasteiger partial charge in [-0.3, -0.25) is 0 Å². The molecule has 0 aliphatic carbocycles. The average Bonchev–Trinajstić information content (AvgIpc) is 2.81. The van der Waals surface area contributed by atoms with Crippen LogP contribution in [0.15, 0.2) is 10.3 Å². The lowest BCUT2D eigenvalue weighted by atomic mass is 10.3. The molecule has 1 saturated heterocycles. The molecule has 1 atom stereocenters. The van der Waals surface area contributed by atoms with Crippen molar-refractivity contribution in [3.63, 3.8) is 0 Å². The van der Waals surface area contributed by atoms with E-state index in [1.807, 2.05) is 0 Å². The number of rotatable bonds is 5. The minimum atomic E-state index is -3.73. The van der Waals surface area contributed by atoms with Gasteiger partial charge in [0.1, 0.15) is 9.09 Å². The Hall–Kier alpha value is -1.00. The predicted octanol–water partition coefficient (Wildman–Crippen LogP) is 0.448. The number of aromatic carboxylic acids is 1. The molecule has 20 heavy (non-hydrogen) atoms. The molecule has 0 bridgehead atoms. The van der Waals surface area contributed by atoms with Gasteiger partial charge in [0.2, 0.25) is 10.0 Å². The Morgan fingerprint density at radius 1 is 1.55 bits per heavy atom. The molecule has 2 rings (SSSR count). The summed E-state index contributed by atoms with van der Waals surface area (Å²) in [5.74, 6) is -1.13. The quantitative estimate of drug-likeness (QED) is 0.816. The van der Waals surface area contributed by atoms with Crippen molar-refractivity contribution in [3.05, 3.63) is 16.5 Å². The Balaban J connectivity index is 2.06. The summed E-state index contributed by atoms with van der Waals surface area (Å²) in [5.41, 5.74) is 0.431. The van der Waals surface area contributed by atoms with Crippen LogP contribution in [0.4, 0.5) is 0 Å². The summed E-state index contributed by atoms with van der Waals surface area (Å²) in [7, 11) is -3.73. The van der Waals surface area contributed by atoms with Crippen LogP contribution in [0.5, 0.6) is 0 Å². The first kappa shape index (κ1) is 15.4. The van der Waals surface area contributed by atoms with Crippen LogP contribution in [0.25, 0.3) is 0 Å². The zero-order valence-corrected chi connectivity index (χ0v) is 12.4. The third-order valence-corrected chi connectivity index (χ3v) is 5.86. The number of aryl methyl sites for hydroxylation is 1. The second-order valence-corrected chi connectivity index (χ2v) is 7.35. The molecule has 9 heteroatoms. The minimum Gasteiger partial charge on any atom is -0.477 e. The molecular formula is C11H15NO6S2. The summed E-state index contributed by atoms with van der Waals surface area (Å²) in [6, 6.07) is 1.36. The number of hydrogen-bond donors (Lipinski definition) is 2. The van der Waals surface area contributed by atoms with E-state index >= 15 is 0 Å². The fourth-order valence-electron chi connectivity index (χ4n) is 1.73. The lowest BCUT2D eigenvalue weighted by molar-refractivity contribution is -0.0846. The Bertz CT molecular complexity index is 588. The van der Waals surface area contributed by atoms with Crippen LogP contribution in [0, 0.1) is 6.92 Å². The SMILES string of the molecule is Cc1cc(S(=O)(=O)NCC2COCCO2)sc1C(=O)O. The maximum absolute atomic E-state index is 12.1. The van der Waals surface area contributed by atoms with Gasteiger partial charge >= 0.3 is 5.97 Å². The van der Waals surface area contributed by atoms with Gasteiger partial charge in [0, 0.05) is 6.54 Å². The number of thiophene rings is 1. The van der Waals surface area contributed by atoms with Crippen molar-refractivity contribution in [2.45, 2.75) is 17.2 Å². The molecule has 0 aromatic carbocycles. The average molecular weight is 321 g/mol. The van der Waals surface area contributed by atoms with Gasteiger partial charge in [-0.1, -0.05) is 0 Å². The minimum absolute atomic E-state index is 0.0101. The van der Waals surface area contributed by atoms with E-state index in [1.165, 1.54) is 6.07 Å². The summed E-state index contributed by atoms with van der Waals surface area (Å²) in [4.78, 5) is 11.0. The largest absolute Gasteiger partial charge is 0.477 e. The topological polar surface area (TPSA) is 102 Å². The van der Waals surface area contributed by atoms with Crippen LogP contribution in [0.2, 0.25) is 0 Å². The summed E-state index contributed by atoms with van der Waals surface area (Å²) < 4.78 is 37.1. The number of nitrogens with one attached hydrogen (secondary N) is 1. The number of carboxylic acids is 1. The molecule has 1 aromatic heterocycles. The zero-order chi connectivity index (χ0) is 14.8. The molecule has 2 N–H and O–H groups in total. The van der Waals surface area contributed by atoms with Gasteiger partial charge in [-0.2, -0.15) is 0 Å². The molecular weight excluding hydrogens is 306 g/mol. The number of sulfonamides is 1. The Labute approximate surface area is 120 Å². The van der Waals surface area contributed by atoms with E-state index in [-0.39, 0.29) is 21.7 Å². The van der Waals surface area contributed by atoms with E-state index in [0.29, 0.717) is 25.4 Å². The zero-order valence-electron chi connectivity index (χ0n) is 10.8. The number of hydrogen-bond acceptors (Lipinski definition) is 6. The molecule has 1 aromatic rings. The van der Waals surface area contributed by atoms with Crippen LogP contribution in [0.1, 0.15) is 15.2 Å². The molecule has 0 saturated carbocycles. The fourth-order valence-corrected chi connectivity index (χ4v) is 4.22. The molecule has 1 aliphatic heterocycles. The fraction of sp³-hybridized carbons (Fsp3) is 0.545. The number of carboxylic acid groups (broad SMARTS) is 1. The highest BCUT2D eigenvalue weighted by Gasteiger charge is 2.23. The second kappa shape index (κ2) is 6.19. The number of ether oxygens (including phenoxy) is 2. The van der Waals surface area contributed by atoms with Crippen LogP contribution in [0.3, 0.4) is 0 Å². The summed E-state index contributed by atoms with van der Waals surface area (Å²) in [6.45, 7) is 2.95. The first-order valence-electron chi connectivity index (χ1n) is 5.93. The normalized spacial score (nSPS) is 19.9. The molecule has 0 radical (unpaired) electrons. The van der Waals surface area contributed by atoms with Gasteiger partial charge in [-0.15, -0.1) is 11.3 Å². The van der Waals surface area contributed by atoms with E-state index in [1.54, 1.807) is 6.92 Å². The second-order valence-electron chi connectivity index (χ2n) is 4.30. The lowest BCUT2D eigenvalue weighted by Crippen LogP contribution is -2.39. The van der Waals surface area contributed by atoms with E-state index < -0.39 is 16.0 Å². The molecule has 1 unspecified atom stereocenters. The van der Waals surface area contributed by atoms with Crippen molar-refractivity contribution in [2.75, 3.05) is 26.4 Å². The Morgan fingerprint density at radius 2 is 2.30 bits per heavy atom. The smallest absolute Gasteiger partial charge is 0.346 e. The molecule has 2 heterocycles. The van der Waals surface area contributed by atoms with Gasteiger partial charge < -0.3 is 14.6 Å². The molecule has 112 valence electrons. The third kappa shape index (κ3) is 3.55. The van der Waals surface area contributed by atoms with Crippen LogP contribution in [-0.2, 0) is 19.5 Å². The highest BCUT2D eigenvalue weighted by atomic mass is 32.2. The number of carbonyl (C=O) groups is 1. The van der Waals surface area contributed by atoms with Crippen molar-refractivity contribution < 1.29 is 27.8 Å². The van der Waals surface area contributed by atoms with Crippen molar-refractivity contribution >= 4 is 27.3 Å². The van der Waals surface area contributed by atoms with Crippen LogP contribution < -0.4 is 4.72 Å². The highest BCUT2D eigenvalue weighted by molar-refractivity contribution is 7.91. The molecule has 1 fully saturated rings. The molecule has 0 amide bonds. The van der Waals surface area contributed by atoms with Gasteiger partial charge in [0.25, 0.3) is 0 Å². The summed E-state index contributed by atoms with van der Waals surface area (Å²) in [6.07, 6.45) is -0.321. The maximum Gasteiger partial charge on any atom is 0.346 e. The van der Waals surface area contributed by atoms with Crippen molar-refractivity contribution in [1.29, 1.82) is 0 Å². The van der Waals surface area contributed by atoms with Gasteiger partial charge in [0.15, 0.2) is 0 Å². The van der Waals surface area contributed by atoms with E-state index in [4.69, 9.17) is 14.6 Å². The van der Waals surface area contributed by atoms with E-state index in [0.717, 1.165) is 11.3 Å². The molecule has 7 nitrogen and oxygen atoms in total. The Morgan fingerprint density at radius 3 is 2.85 bits per heavy atom.